The van der Waals surface area contributed by atoms with E-state index in [-0.39, 0.29) is 25.0 Å². The van der Waals surface area contributed by atoms with Crippen molar-refractivity contribution < 1.29 is 19.0 Å². The van der Waals surface area contributed by atoms with E-state index >= 15 is 0 Å². The number of hydrogen-bond donors (Lipinski definition) is 1. The molecule has 17 heavy (non-hydrogen) atoms. The van der Waals surface area contributed by atoms with Gasteiger partial charge in [-0.1, -0.05) is 0 Å². The second kappa shape index (κ2) is 7.47. The van der Waals surface area contributed by atoms with Gasteiger partial charge >= 0.3 is 6.03 Å². The predicted molar refractivity (Wildman–Crippen MR) is 62.8 cm³/mol. The number of amides is 2. The van der Waals surface area contributed by atoms with E-state index in [0.717, 1.165) is 0 Å². The van der Waals surface area contributed by atoms with Crippen LogP contribution in [0.15, 0.2) is 0 Å². The molecule has 0 aliphatic carbocycles. The van der Waals surface area contributed by atoms with Crippen LogP contribution in [0, 0.1) is 0 Å². The van der Waals surface area contributed by atoms with Crippen molar-refractivity contribution in [3.63, 3.8) is 0 Å². The summed E-state index contributed by atoms with van der Waals surface area (Å²) in [7, 11) is 1.61. The fraction of sp³-hybridized carbons (Fsp3) is 0.909. The highest BCUT2D eigenvalue weighted by Gasteiger charge is 2.25. The van der Waals surface area contributed by atoms with E-state index in [4.69, 9.17) is 14.2 Å². The summed E-state index contributed by atoms with van der Waals surface area (Å²) in [5.74, 6) is 0. The van der Waals surface area contributed by atoms with Crippen LogP contribution in [-0.4, -0.2) is 63.3 Å². The first-order valence-electron chi connectivity index (χ1n) is 5.88. The number of ether oxygens (including phenoxy) is 3. The van der Waals surface area contributed by atoms with Gasteiger partial charge in [-0.2, -0.15) is 0 Å². The Kier molecular flexibility index (Phi) is 6.25. The third-order valence-corrected chi connectivity index (χ3v) is 2.46. The van der Waals surface area contributed by atoms with Crippen LogP contribution in [-0.2, 0) is 14.2 Å². The maximum absolute atomic E-state index is 11.8. The smallest absolute Gasteiger partial charge is 0.319 e. The first-order valence-corrected chi connectivity index (χ1v) is 5.88. The van der Waals surface area contributed by atoms with Crippen LogP contribution in [0.5, 0.6) is 0 Å². The molecule has 1 aliphatic heterocycles. The van der Waals surface area contributed by atoms with Crippen LogP contribution in [0.3, 0.4) is 0 Å². The van der Waals surface area contributed by atoms with Gasteiger partial charge < -0.3 is 24.4 Å². The first-order chi connectivity index (χ1) is 8.13. The number of nitrogens with one attached hydrogen (secondary N) is 1. The van der Waals surface area contributed by atoms with Gasteiger partial charge in [0.15, 0.2) is 0 Å². The molecule has 0 bridgehead atoms. The summed E-state index contributed by atoms with van der Waals surface area (Å²) in [5, 5.41) is 2.71. The number of nitrogens with zero attached hydrogens (tertiary/aromatic N) is 1. The van der Waals surface area contributed by atoms with Crippen molar-refractivity contribution in [3.05, 3.63) is 0 Å². The van der Waals surface area contributed by atoms with Crippen molar-refractivity contribution >= 4 is 6.03 Å². The zero-order valence-electron chi connectivity index (χ0n) is 10.8. The Bertz CT molecular complexity index is 228. The minimum Gasteiger partial charge on any atom is -0.382 e. The molecule has 1 heterocycles. The number of carbonyl (C=O) groups excluding carboxylic acids is 1. The molecule has 1 rings (SSSR count). The SMILES string of the molecule is COCCOCNC(=O)N1CC(C)OC(C)C1. The molecule has 6 heteroatoms. The standard InChI is InChI=1S/C11H22N2O4/c1-9-6-13(7-10(2)17-9)11(14)12-8-16-5-4-15-3/h9-10H,4-8H2,1-3H3,(H,12,14). The Balaban J connectivity index is 2.18. The van der Waals surface area contributed by atoms with Crippen LogP contribution in [0.4, 0.5) is 4.79 Å². The number of rotatable bonds is 5. The maximum atomic E-state index is 11.8. The monoisotopic (exact) mass is 246 g/mol. The Morgan fingerprint density at radius 1 is 1.35 bits per heavy atom. The average molecular weight is 246 g/mol. The molecule has 2 atom stereocenters. The highest BCUT2D eigenvalue weighted by molar-refractivity contribution is 5.74. The molecule has 2 amide bonds. The van der Waals surface area contributed by atoms with Gasteiger partial charge in [0.05, 0.1) is 25.4 Å². The maximum Gasteiger partial charge on any atom is 0.319 e. The Hall–Kier alpha value is -0.850. The molecule has 0 aromatic rings. The lowest BCUT2D eigenvalue weighted by molar-refractivity contribution is -0.0555. The molecule has 2 unspecified atom stereocenters. The summed E-state index contributed by atoms with van der Waals surface area (Å²) < 4.78 is 15.6. The Labute approximate surface area is 102 Å². The molecule has 6 nitrogen and oxygen atoms in total. The van der Waals surface area contributed by atoms with E-state index < -0.39 is 0 Å². The van der Waals surface area contributed by atoms with Crippen molar-refractivity contribution in [2.45, 2.75) is 26.1 Å². The minimum absolute atomic E-state index is 0.0823. The van der Waals surface area contributed by atoms with E-state index in [2.05, 4.69) is 5.32 Å². The zero-order chi connectivity index (χ0) is 12.7. The number of hydrogen-bond acceptors (Lipinski definition) is 4. The number of urea groups is 1. The topological polar surface area (TPSA) is 60.0 Å². The van der Waals surface area contributed by atoms with Crippen LogP contribution >= 0.6 is 0 Å². The normalized spacial score (nSPS) is 24.8. The lowest BCUT2D eigenvalue weighted by Gasteiger charge is -2.35. The van der Waals surface area contributed by atoms with Gasteiger partial charge in [-0.15, -0.1) is 0 Å². The fourth-order valence-electron chi connectivity index (χ4n) is 1.78. The average Bonchev–Trinajstić information content (AvgIpc) is 2.27. The van der Waals surface area contributed by atoms with Crippen LogP contribution < -0.4 is 5.32 Å². The summed E-state index contributed by atoms with van der Waals surface area (Å²) >= 11 is 0. The van der Waals surface area contributed by atoms with Crippen molar-refractivity contribution in [2.75, 3.05) is 40.1 Å². The summed E-state index contributed by atoms with van der Waals surface area (Å²) in [6, 6.07) is -0.107. The lowest BCUT2D eigenvalue weighted by Crippen LogP contribution is -2.52. The number of carbonyl (C=O) groups is 1. The molecule has 0 saturated carbocycles. The largest absolute Gasteiger partial charge is 0.382 e. The highest BCUT2D eigenvalue weighted by atomic mass is 16.5. The first kappa shape index (κ1) is 14.2. The second-order valence-electron chi connectivity index (χ2n) is 4.19. The predicted octanol–water partition coefficient (Wildman–Crippen LogP) is 0.426. The molecule has 100 valence electrons. The van der Waals surface area contributed by atoms with E-state index in [1.807, 2.05) is 13.8 Å². The molecule has 1 aliphatic rings. The molecule has 0 spiro atoms. The summed E-state index contributed by atoms with van der Waals surface area (Å²) in [6.45, 7) is 6.38. The molecular weight excluding hydrogens is 224 g/mol. The molecule has 0 aromatic carbocycles. The minimum atomic E-state index is -0.107. The van der Waals surface area contributed by atoms with Crippen molar-refractivity contribution in [2.24, 2.45) is 0 Å². The zero-order valence-corrected chi connectivity index (χ0v) is 10.8. The third-order valence-electron chi connectivity index (χ3n) is 2.46. The van der Waals surface area contributed by atoms with E-state index in [1.165, 1.54) is 0 Å². The lowest BCUT2D eigenvalue weighted by atomic mass is 10.2. The van der Waals surface area contributed by atoms with E-state index in [9.17, 15) is 4.79 Å². The van der Waals surface area contributed by atoms with E-state index in [1.54, 1.807) is 12.0 Å². The van der Waals surface area contributed by atoms with Gasteiger partial charge in [0.1, 0.15) is 6.73 Å². The van der Waals surface area contributed by atoms with Gasteiger partial charge in [-0.05, 0) is 13.8 Å². The second-order valence-corrected chi connectivity index (χ2v) is 4.19. The van der Waals surface area contributed by atoms with Crippen molar-refractivity contribution in [1.29, 1.82) is 0 Å². The summed E-state index contributed by atoms with van der Waals surface area (Å²) in [6.07, 6.45) is 0.165. The van der Waals surface area contributed by atoms with Gasteiger partial charge in [-0.3, -0.25) is 0 Å². The summed E-state index contributed by atoms with van der Waals surface area (Å²) in [5.41, 5.74) is 0. The van der Waals surface area contributed by atoms with Gasteiger partial charge in [0.25, 0.3) is 0 Å². The molecule has 0 radical (unpaired) electrons. The number of morpholine rings is 1. The molecule has 0 aromatic heterocycles. The van der Waals surface area contributed by atoms with E-state index in [0.29, 0.717) is 26.3 Å². The fourth-order valence-corrected chi connectivity index (χ4v) is 1.78. The molecule has 1 fully saturated rings. The van der Waals surface area contributed by atoms with Crippen LogP contribution in [0.25, 0.3) is 0 Å². The third kappa shape index (κ3) is 5.34. The van der Waals surface area contributed by atoms with Crippen molar-refractivity contribution in [1.82, 2.24) is 10.2 Å². The number of methoxy groups -OCH3 is 1. The van der Waals surface area contributed by atoms with Gasteiger partial charge in [0.2, 0.25) is 0 Å². The summed E-state index contributed by atoms with van der Waals surface area (Å²) in [4.78, 5) is 13.5. The molecule has 1 saturated heterocycles. The molecular formula is C11H22N2O4. The van der Waals surface area contributed by atoms with Crippen LogP contribution in [0.1, 0.15) is 13.8 Å². The molecule has 1 N–H and O–H groups in total. The highest BCUT2D eigenvalue weighted by Crippen LogP contribution is 2.10. The Morgan fingerprint density at radius 2 is 2.00 bits per heavy atom. The van der Waals surface area contributed by atoms with Crippen molar-refractivity contribution in [3.8, 4) is 0 Å². The Morgan fingerprint density at radius 3 is 2.59 bits per heavy atom. The quantitative estimate of drug-likeness (QED) is 0.564. The van der Waals surface area contributed by atoms with Gasteiger partial charge in [0, 0.05) is 20.2 Å². The van der Waals surface area contributed by atoms with Gasteiger partial charge in [-0.25, -0.2) is 4.79 Å². The van der Waals surface area contributed by atoms with Crippen LogP contribution in [0.2, 0.25) is 0 Å².